The second-order valence-corrected chi connectivity index (χ2v) is 9.10. The molecular formula is C27H28N6O4. The van der Waals surface area contributed by atoms with E-state index in [4.69, 9.17) is 4.74 Å². The standard InChI is InChI=1S/C27H28N6O4/c1-4-18-19(5-2)22(21-9-7-6-8-20(18)21)15-37-27(36)32-12-10-31(11-13-32)26-29-24-23(25(35)30-26)33(16-28-24)14-17(3)34/h4-9,16,22H,1-2,10-15H2,3H3,(H,29,30,35). The van der Waals surface area contributed by atoms with E-state index in [2.05, 4.69) is 28.1 Å². The number of aromatic amines is 1. The Hall–Kier alpha value is -4.47. The molecule has 0 radical (unpaired) electrons. The Morgan fingerprint density at radius 2 is 1.92 bits per heavy atom. The van der Waals surface area contributed by atoms with Crippen LogP contribution in [0.2, 0.25) is 0 Å². The predicted octanol–water partition coefficient (Wildman–Crippen LogP) is 2.89. The largest absolute Gasteiger partial charge is 0.448 e. The maximum atomic E-state index is 12.9. The molecule has 190 valence electrons. The van der Waals surface area contributed by atoms with Gasteiger partial charge in [-0.25, -0.2) is 9.78 Å². The Bertz CT molecular complexity index is 1490. The molecule has 5 rings (SSSR count). The summed E-state index contributed by atoms with van der Waals surface area (Å²) in [5.74, 6) is 0.218. The Morgan fingerprint density at radius 3 is 2.62 bits per heavy atom. The van der Waals surface area contributed by atoms with Crippen LogP contribution < -0.4 is 10.5 Å². The van der Waals surface area contributed by atoms with Crippen molar-refractivity contribution in [2.45, 2.75) is 19.4 Å². The van der Waals surface area contributed by atoms with Gasteiger partial charge in [0, 0.05) is 32.1 Å². The van der Waals surface area contributed by atoms with Gasteiger partial charge in [0.15, 0.2) is 11.2 Å². The van der Waals surface area contributed by atoms with Crippen molar-refractivity contribution in [2.75, 3.05) is 37.7 Å². The van der Waals surface area contributed by atoms with Gasteiger partial charge < -0.3 is 19.1 Å². The first-order valence-corrected chi connectivity index (χ1v) is 12.1. The molecule has 1 fully saturated rings. The first-order chi connectivity index (χ1) is 17.9. The van der Waals surface area contributed by atoms with Gasteiger partial charge in [-0.05, 0) is 29.2 Å². The van der Waals surface area contributed by atoms with E-state index in [1.165, 1.54) is 17.8 Å². The number of aromatic nitrogens is 4. The number of hydrogen-bond acceptors (Lipinski definition) is 7. The third kappa shape index (κ3) is 4.46. The molecule has 2 aromatic heterocycles. The van der Waals surface area contributed by atoms with Gasteiger partial charge in [-0.3, -0.25) is 14.6 Å². The normalized spacial score (nSPS) is 17.2. The van der Waals surface area contributed by atoms with Gasteiger partial charge in [-0.15, -0.1) is 0 Å². The number of Topliss-reactive ketones (excluding diaryl/α,β-unsaturated/α-hetero) is 1. The lowest BCUT2D eigenvalue weighted by molar-refractivity contribution is -0.117. The van der Waals surface area contributed by atoms with Gasteiger partial charge in [-0.2, -0.15) is 4.98 Å². The highest BCUT2D eigenvalue weighted by molar-refractivity contribution is 5.86. The van der Waals surface area contributed by atoms with Crippen LogP contribution in [0.3, 0.4) is 0 Å². The molecule has 1 aliphatic heterocycles. The van der Waals surface area contributed by atoms with Crippen LogP contribution in [0.25, 0.3) is 16.7 Å². The third-order valence-corrected chi connectivity index (χ3v) is 6.81. The van der Waals surface area contributed by atoms with Crippen LogP contribution in [0.1, 0.15) is 24.0 Å². The highest BCUT2D eigenvalue weighted by atomic mass is 16.6. The SMILES string of the molecule is C=CC1=C(C=C)C(COC(=O)N2CCN(c3nc4ncn(CC(C)=O)c4c(=O)[nH]3)CC2)c2ccccc21. The zero-order chi connectivity index (χ0) is 26.1. The molecule has 1 N–H and O–H groups in total. The number of nitrogens with zero attached hydrogens (tertiary/aromatic N) is 5. The number of ether oxygens (including phenoxy) is 1. The number of piperazine rings is 1. The Morgan fingerprint density at radius 1 is 1.16 bits per heavy atom. The summed E-state index contributed by atoms with van der Waals surface area (Å²) in [7, 11) is 0. The number of ketones is 1. The summed E-state index contributed by atoms with van der Waals surface area (Å²) >= 11 is 0. The van der Waals surface area contributed by atoms with Crippen molar-refractivity contribution in [3.8, 4) is 0 Å². The van der Waals surface area contributed by atoms with Crippen molar-refractivity contribution in [3.05, 3.63) is 83.0 Å². The number of nitrogens with one attached hydrogen (secondary N) is 1. The summed E-state index contributed by atoms with van der Waals surface area (Å²) in [6.07, 6.45) is 4.69. The van der Waals surface area contributed by atoms with Gasteiger partial charge in [0.2, 0.25) is 5.95 Å². The van der Waals surface area contributed by atoms with Gasteiger partial charge in [0.1, 0.15) is 12.4 Å². The molecule has 1 aromatic carbocycles. The van der Waals surface area contributed by atoms with E-state index in [0.717, 1.165) is 22.3 Å². The number of H-pyrrole nitrogens is 1. The van der Waals surface area contributed by atoms with Gasteiger partial charge >= 0.3 is 6.09 Å². The van der Waals surface area contributed by atoms with E-state index >= 15 is 0 Å². The zero-order valence-corrected chi connectivity index (χ0v) is 20.6. The van der Waals surface area contributed by atoms with E-state index < -0.39 is 0 Å². The maximum absolute atomic E-state index is 12.9. The molecule has 10 nitrogen and oxygen atoms in total. The molecule has 1 amide bonds. The monoisotopic (exact) mass is 500 g/mol. The highest BCUT2D eigenvalue weighted by Crippen LogP contribution is 2.43. The predicted molar refractivity (Wildman–Crippen MR) is 140 cm³/mol. The average molecular weight is 501 g/mol. The van der Waals surface area contributed by atoms with Crippen molar-refractivity contribution >= 4 is 34.6 Å². The van der Waals surface area contributed by atoms with Crippen LogP contribution >= 0.6 is 0 Å². The van der Waals surface area contributed by atoms with E-state index in [-0.39, 0.29) is 47.7 Å². The minimum absolute atomic E-state index is 0.0623. The van der Waals surface area contributed by atoms with Gasteiger partial charge in [-0.1, -0.05) is 49.6 Å². The fraction of sp³-hybridized carbons (Fsp3) is 0.296. The van der Waals surface area contributed by atoms with Crippen molar-refractivity contribution in [1.29, 1.82) is 0 Å². The van der Waals surface area contributed by atoms with E-state index in [0.29, 0.717) is 32.1 Å². The molecule has 1 unspecified atom stereocenters. The Kier molecular flexibility index (Phi) is 6.47. The molecule has 3 aromatic rings. The van der Waals surface area contributed by atoms with Crippen LogP contribution in [0.4, 0.5) is 10.7 Å². The average Bonchev–Trinajstić information content (AvgIpc) is 3.45. The molecule has 3 heterocycles. The summed E-state index contributed by atoms with van der Waals surface area (Å²) < 4.78 is 7.23. The molecule has 2 aliphatic rings. The van der Waals surface area contributed by atoms with E-state index in [1.54, 1.807) is 4.90 Å². The quantitative estimate of drug-likeness (QED) is 0.531. The van der Waals surface area contributed by atoms with Crippen LogP contribution in [0.5, 0.6) is 0 Å². The fourth-order valence-corrected chi connectivity index (χ4v) is 5.05. The summed E-state index contributed by atoms with van der Waals surface area (Å²) in [5, 5.41) is 0. The van der Waals surface area contributed by atoms with Crippen molar-refractivity contribution in [2.24, 2.45) is 0 Å². The minimum Gasteiger partial charge on any atom is -0.448 e. The second kappa shape index (κ2) is 9.88. The maximum Gasteiger partial charge on any atom is 0.409 e. The molecule has 1 aliphatic carbocycles. The van der Waals surface area contributed by atoms with Crippen molar-refractivity contribution < 1.29 is 14.3 Å². The number of benzene rings is 1. The van der Waals surface area contributed by atoms with Gasteiger partial charge in [0.05, 0.1) is 12.9 Å². The third-order valence-electron chi connectivity index (χ3n) is 6.81. The number of rotatable bonds is 7. The topological polar surface area (TPSA) is 113 Å². The van der Waals surface area contributed by atoms with E-state index in [9.17, 15) is 14.4 Å². The highest BCUT2D eigenvalue weighted by Gasteiger charge is 2.31. The lowest BCUT2D eigenvalue weighted by Crippen LogP contribution is -2.49. The molecule has 10 heteroatoms. The van der Waals surface area contributed by atoms with Crippen LogP contribution in [0, 0.1) is 0 Å². The Balaban J connectivity index is 1.23. The lowest BCUT2D eigenvalue weighted by atomic mass is 9.97. The minimum atomic E-state index is -0.382. The van der Waals surface area contributed by atoms with Crippen LogP contribution in [-0.2, 0) is 16.1 Å². The first-order valence-electron chi connectivity index (χ1n) is 12.1. The molecule has 1 atom stereocenters. The number of carbonyl (C=O) groups excluding carboxylic acids is 2. The van der Waals surface area contributed by atoms with Crippen molar-refractivity contribution in [1.82, 2.24) is 24.4 Å². The number of anilines is 1. The molecule has 37 heavy (non-hydrogen) atoms. The summed E-state index contributed by atoms with van der Waals surface area (Å²) in [6.45, 7) is 11.4. The first kappa shape index (κ1) is 24.2. The molecule has 0 bridgehead atoms. The number of amides is 1. The Labute approximate surface area is 213 Å². The van der Waals surface area contributed by atoms with Crippen LogP contribution in [-0.4, -0.2) is 69.1 Å². The number of fused-ring (bicyclic) bond motifs is 2. The fourth-order valence-electron chi connectivity index (χ4n) is 5.05. The molecule has 0 saturated carbocycles. The van der Waals surface area contributed by atoms with Crippen molar-refractivity contribution in [3.63, 3.8) is 0 Å². The summed E-state index contributed by atoms with van der Waals surface area (Å²) in [5.41, 5.74) is 4.40. The molecular weight excluding hydrogens is 472 g/mol. The summed E-state index contributed by atoms with van der Waals surface area (Å²) in [4.78, 5) is 52.0. The lowest BCUT2D eigenvalue weighted by Gasteiger charge is -2.34. The smallest absolute Gasteiger partial charge is 0.409 e. The number of imidazole rings is 1. The number of carbonyl (C=O) groups is 2. The molecule has 1 saturated heterocycles. The number of allylic oxidation sites excluding steroid dienone is 3. The van der Waals surface area contributed by atoms with E-state index in [1.807, 2.05) is 41.3 Å². The summed E-state index contributed by atoms with van der Waals surface area (Å²) in [6, 6.07) is 8.04. The van der Waals surface area contributed by atoms with Crippen LogP contribution in [0.15, 0.2) is 66.3 Å². The second-order valence-electron chi connectivity index (χ2n) is 9.10. The number of hydrogen-bond donors (Lipinski definition) is 1. The zero-order valence-electron chi connectivity index (χ0n) is 20.6. The molecule has 0 spiro atoms. The van der Waals surface area contributed by atoms with Gasteiger partial charge in [0.25, 0.3) is 5.56 Å².